The molecule has 0 aromatic heterocycles. The molecule has 2 aromatic carbocycles. The number of methoxy groups -OCH3 is 2. The fourth-order valence-electron chi connectivity index (χ4n) is 3.01. The SMILES string of the molecule is COc1ccc(C2(C)NC(=O)N(/N=C/c3ccc(OCC(N)=O)c(OC)c3)C2=O)cc1. The normalized spacial score (nSPS) is 18.2. The fourth-order valence-corrected chi connectivity index (χ4v) is 3.01. The zero-order chi connectivity index (χ0) is 22.6. The van der Waals surface area contributed by atoms with Crippen molar-refractivity contribution in [1.82, 2.24) is 10.3 Å². The maximum Gasteiger partial charge on any atom is 0.346 e. The van der Waals surface area contributed by atoms with E-state index < -0.39 is 23.4 Å². The van der Waals surface area contributed by atoms with Crippen molar-refractivity contribution in [1.29, 1.82) is 0 Å². The number of nitrogens with one attached hydrogen (secondary N) is 1. The molecule has 0 aliphatic carbocycles. The average Bonchev–Trinajstić information content (AvgIpc) is 2.99. The van der Waals surface area contributed by atoms with Gasteiger partial charge >= 0.3 is 6.03 Å². The first kappa shape index (κ1) is 21.6. The maximum atomic E-state index is 12.9. The number of hydrogen-bond donors (Lipinski definition) is 2. The van der Waals surface area contributed by atoms with E-state index in [9.17, 15) is 14.4 Å². The third kappa shape index (κ3) is 4.42. The van der Waals surface area contributed by atoms with Crippen molar-refractivity contribution in [3.8, 4) is 17.2 Å². The fraction of sp³-hybridized carbons (Fsp3) is 0.238. The van der Waals surface area contributed by atoms with Crippen molar-refractivity contribution in [3.63, 3.8) is 0 Å². The zero-order valence-corrected chi connectivity index (χ0v) is 17.2. The molecule has 1 fully saturated rings. The lowest BCUT2D eigenvalue weighted by atomic mass is 9.92. The summed E-state index contributed by atoms with van der Waals surface area (Å²) in [6.07, 6.45) is 1.34. The number of rotatable bonds is 8. The minimum absolute atomic E-state index is 0.295. The molecule has 10 nitrogen and oxygen atoms in total. The molecule has 3 rings (SSSR count). The van der Waals surface area contributed by atoms with Gasteiger partial charge in [-0.3, -0.25) is 9.59 Å². The van der Waals surface area contributed by atoms with Crippen LogP contribution in [0.5, 0.6) is 17.2 Å². The highest BCUT2D eigenvalue weighted by molar-refractivity contribution is 6.07. The van der Waals surface area contributed by atoms with Crippen LogP contribution in [0.1, 0.15) is 18.1 Å². The van der Waals surface area contributed by atoms with E-state index in [1.54, 1.807) is 56.5 Å². The molecule has 4 amide bonds. The number of carbonyl (C=O) groups excluding carboxylic acids is 3. The summed E-state index contributed by atoms with van der Waals surface area (Å²) < 4.78 is 15.6. The number of hydrazone groups is 1. The minimum atomic E-state index is -1.26. The molecule has 0 spiro atoms. The van der Waals surface area contributed by atoms with Gasteiger partial charge in [-0.25, -0.2) is 4.79 Å². The average molecular weight is 426 g/mol. The standard InChI is InChI=1S/C21H22N4O6/c1-21(14-5-7-15(29-2)8-6-14)19(27)25(20(28)24-21)23-11-13-4-9-16(17(10-13)30-3)31-12-18(22)26/h4-11H,12H2,1-3H3,(H2,22,26)(H,24,28)/b23-11+. The number of urea groups is 1. The van der Waals surface area contributed by atoms with Crippen LogP contribution < -0.4 is 25.3 Å². The largest absolute Gasteiger partial charge is 0.497 e. The Hall–Kier alpha value is -4.08. The molecular formula is C21H22N4O6. The van der Waals surface area contributed by atoms with Crippen LogP contribution in [0.15, 0.2) is 47.6 Å². The van der Waals surface area contributed by atoms with Crippen molar-refractivity contribution in [2.45, 2.75) is 12.5 Å². The highest BCUT2D eigenvalue weighted by atomic mass is 16.5. The lowest BCUT2D eigenvalue weighted by Crippen LogP contribution is -2.40. The molecule has 1 aliphatic rings. The lowest BCUT2D eigenvalue weighted by molar-refractivity contribution is -0.131. The summed E-state index contributed by atoms with van der Waals surface area (Å²) in [4.78, 5) is 36.3. The molecule has 0 saturated carbocycles. The van der Waals surface area contributed by atoms with Gasteiger partial charge in [0.05, 0.1) is 20.4 Å². The number of nitrogens with two attached hydrogens (primary N) is 1. The van der Waals surface area contributed by atoms with Gasteiger partial charge in [0.25, 0.3) is 11.8 Å². The van der Waals surface area contributed by atoms with Gasteiger partial charge in [0.1, 0.15) is 11.3 Å². The number of ether oxygens (including phenoxy) is 3. The lowest BCUT2D eigenvalue weighted by Gasteiger charge is -2.21. The first-order valence-electron chi connectivity index (χ1n) is 9.23. The summed E-state index contributed by atoms with van der Waals surface area (Å²) in [5, 5.41) is 7.49. The molecule has 3 N–H and O–H groups in total. The molecule has 1 unspecified atom stereocenters. The van der Waals surface area contributed by atoms with E-state index in [1.807, 2.05) is 0 Å². The van der Waals surface area contributed by atoms with Crippen LogP contribution in [0.3, 0.4) is 0 Å². The Kier molecular flexibility index (Phi) is 6.10. The Morgan fingerprint density at radius 3 is 2.45 bits per heavy atom. The second-order valence-electron chi connectivity index (χ2n) is 6.81. The van der Waals surface area contributed by atoms with E-state index in [-0.39, 0.29) is 6.61 Å². The summed E-state index contributed by atoms with van der Waals surface area (Å²) in [6.45, 7) is 1.31. The van der Waals surface area contributed by atoms with Crippen LogP contribution >= 0.6 is 0 Å². The van der Waals surface area contributed by atoms with Crippen LogP contribution in [0.2, 0.25) is 0 Å². The molecule has 0 bridgehead atoms. The van der Waals surface area contributed by atoms with Crippen molar-refractivity contribution in [3.05, 3.63) is 53.6 Å². The van der Waals surface area contributed by atoms with Gasteiger partial charge in [0, 0.05) is 0 Å². The van der Waals surface area contributed by atoms with E-state index in [0.717, 1.165) is 5.01 Å². The molecule has 1 heterocycles. The van der Waals surface area contributed by atoms with Crippen LogP contribution in [0.4, 0.5) is 4.79 Å². The topological polar surface area (TPSA) is 133 Å². The second kappa shape index (κ2) is 8.74. The van der Waals surface area contributed by atoms with Crippen LogP contribution in [0, 0.1) is 0 Å². The summed E-state index contributed by atoms with van der Waals surface area (Å²) >= 11 is 0. The molecule has 10 heteroatoms. The highest BCUT2D eigenvalue weighted by Gasteiger charge is 2.49. The van der Waals surface area contributed by atoms with Gasteiger partial charge in [0.2, 0.25) is 0 Å². The van der Waals surface area contributed by atoms with Crippen molar-refractivity contribution in [2.24, 2.45) is 10.8 Å². The van der Waals surface area contributed by atoms with Crippen molar-refractivity contribution < 1.29 is 28.6 Å². The van der Waals surface area contributed by atoms with Gasteiger partial charge in [-0.15, -0.1) is 5.01 Å². The van der Waals surface area contributed by atoms with E-state index >= 15 is 0 Å². The van der Waals surface area contributed by atoms with Gasteiger partial charge < -0.3 is 25.3 Å². The van der Waals surface area contributed by atoms with Crippen LogP contribution in [-0.2, 0) is 15.1 Å². The maximum absolute atomic E-state index is 12.9. The Bertz CT molecular complexity index is 1040. The van der Waals surface area contributed by atoms with Gasteiger partial charge in [-0.05, 0) is 48.4 Å². The smallest absolute Gasteiger partial charge is 0.346 e. The van der Waals surface area contributed by atoms with Crippen molar-refractivity contribution >= 4 is 24.1 Å². The summed E-state index contributed by atoms with van der Waals surface area (Å²) in [6, 6.07) is 11.0. The first-order chi connectivity index (χ1) is 14.8. The Morgan fingerprint density at radius 1 is 1.13 bits per heavy atom. The van der Waals surface area contributed by atoms with Crippen LogP contribution in [0.25, 0.3) is 0 Å². The molecule has 2 aromatic rings. The molecule has 1 aliphatic heterocycles. The Labute approximate surface area is 178 Å². The summed E-state index contributed by atoms with van der Waals surface area (Å²) in [7, 11) is 2.98. The molecule has 0 radical (unpaired) electrons. The van der Waals surface area contributed by atoms with E-state index in [0.29, 0.717) is 28.4 Å². The quantitative estimate of drug-likeness (QED) is 0.484. The van der Waals surface area contributed by atoms with Crippen molar-refractivity contribution in [2.75, 3.05) is 20.8 Å². The number of carbonyl (C=O) groups is 3. The first-order valence-corrected chi connectivity index (χ1v) is 9.23. The van der Waals surface area contributed by atoms with E-state index in [2.05, 4.69) is 10.4 Å². The highest BCUT2D eigenvalue weighted by Crippen LogP contribution is 2.31. The Balaban J connectivity index is 1.79. The number of hydrogen-bond acceptors (Lipinski definition) is 7. The second-order valence-corrected chi connectivity index (χ2v) is 6.81. The van der Waals surface area contributed by atoms with Gasteiger partial charge in [-0.1, -0.05) is 12.1 Å². The molecule has 1 atom stereocenters. The predicted octanol–water partition coefficient (Wildman–Crippen LogP) is 1.37. The van der Waals surface area contributed by atoms with Crippen LogP contribution in [-0.4, -0.2) is 49.9 Å². The third-order valence-corrected chi connectivity index (χ3v) is 4.72. The monoisotopic (exact) mass is 426 g/mol. The summed E-state index contributed by atoms with van der Waals surface area (Å²) in [5.74, 6) is 0.153. The van der Waals surface area contributed by atoms with Gasteiger partial charge in [0.15, 0.2) is 18.1 Å². The van der Waals surface area contributed by atoms with E-state index in [1.165, 1.54) is 13.3 Å². The van der Waals surface area contributed by atoms with Gasteiger partial charge in [-0.2, -0.15) is 5.10 Å². The third-order valence-electron chi connectivity index (χ3n) is 4.72. The number of nitrogens with zero attached hydrogens (tertiary/aromatic N) is 2. The molecule has 162 valence electrons. The summed E-state index contributed by atoms with van der Waals surface area (Å²) in [5.41, 5.74) is 4.96. The number of benzene rings is 2. The zero-order valence-electron chi connectivity index (χ0n) is 17.2. The molecular weight excluding hydrogens is 404 g/mol. The molecule has 1 saturated heterocycles. The predicted molar refractivity (Wildman–Crippen MR) is 111 cm³/mol. The number of primary amides is 1. The van der Waals surface area contributed by atoms with E-state index in [4.69, 9.17) is 19.9 Å². The molecule has 31 heavy (non-hydrogen) atoms. The minimum Gasteiger partial charge on any atom is -0.497 e. The Morgan fingerprint density at radius 2 is 1.84 bits per heavy atom. The number of amides is 4. The number of imide groups is 1.